The Balaban J connectivity index is 2.52. The van der Waals surface area contributed by atoms with Gasteiger partial charge in [0.15, 0.2) is 6.17 Å². The van der Waals surface area contributed by atoms with Crippen molar-refractivity contribution in [2.45, 2.75) is 38.6 Å². The van der Waals surface area contributed by atoms with Crippen LogP contribution in [0.3, 0.4) is 0 Å². The van der Waals surface area contributed by atoms with Crippen molar-refractivity contribution >= 4 is 28.8 Å². The van der Waals surface area contributed by atoms with Crippen molar-refractivity contribution in [3.8, 4) is 0 Å². The number of carbonyl (C=O) groups excluding carboxylic acids is 2. The Labute approximate surface area is 145 Å². The van der Waals surface area contributed by atoms with E-state index in [0.29, 0.717) is 16.7 Å². The van der Waals surface area contributed by atoms with Crippen LogP contribution in [0.1, 0.15) is 43.6 Å². The third kappa shape index (κ3) is 3.33. The number of benzene rings is 1. The van der Waals surface area contributed by atoms with Crippen LogP contribution >= 0.6 is 0 Å². The molecule has 0 saturated heterocycles. The summed E-state index contributed by atoms with van der Waals surface area (Å²) in [6.07, 6.45) is -0.837. The molecule has 1 amide bonds. The van der Waals surface area contributed by atoms with Crippen LogP contribution in [0.25, 0.3) is 5.57 Å². The van der Waals surface area contributed by atoms with Crippen molar-refractivity contribution in [1.82, 2.24) is 9.37 Å². The number of likely N-dealkylation sites (N-methyl/N-ethyl adjacent to an activating group) is 1. The summed E-state index contributed by atoms with van der Waals surface area (Å²) in [5, 5.41) is 0. The van der Waals surface area contributed by atoms with Crippen molar-refractivity contribution in [3.05, 3.63) is 42.0 Å². The highest BCUT2D eigenvalue weighted by atomic mass is 32.2. The first kappa shape index (κ1) is 18.5. The summed E-state index contributed by atoms with van der Waals surface area (Å²) < 4.78 is 13.3. The number of rotatable bonds is 3. The zero-order chi connectivity index (χ0) is 18.2. The minimum atomic E-state index is -1.69. The fraction of sp³-hybridized carbons (Fsp3) is 0.412. The van der Waals surface area contributed by atoms with Gasteiger partial charge in [-0.15, -0.1) is 0 Å². The smallest absolute Gasteiger partial charge is 0.327 e. The number of nitrogens with zero attached hydrogens (tertiary/aromatic N) is 2. The first-order valence-electron chi connectivity index (χ1n) is 7.51. The van der Waals surface area contributed by atoms with Crippen LogP contribution in [0.5, 0.6) is 0 Å². The van der Waals surface area contributed by atoms with Crippen molar-refractivity contribution in [2.75, 3.05) is 7.05 Å². The second kappa shape index (κ2) is 6.58. The first-order valence-corrected chi connectivity index (χ1v) is 8.61. The Morgan fingerprint density at radius 2 is 1.88 bits per heavy atom. The van der Waals surface area contributed by atoms with E-state index in [2.05, 4.69) is 6.58 Å². The molecular formula is C17H22N2O4S. The van der Waals surface area contributed by atoms with Crippen LogP contribution in [0.4, 0.5) is 0 Å². The van der Waals surface area contributed by atoms with E-state index in [4.69, 9.17) is 4.84 Å². The van der Waals surface area contributed by atoms with Crippen LogP contribution in [-0.2, 0) is 21.0 Å². The maximum Gasteiger partial charge on any atom is 0.327 e. The molecule has 6 nitrogen and oxygen atoms in total. The van der Waals surface area contributed by atoms with Gasteiger partial charge in [-0.3, -0.25) is 9.59 Å². The van der Waals surface area contributed by atoms with E-state index in [-0.39, 0.29) is 5.91 Å². The molecule has 1 aromatic rings. The maximum absolute atomic E-state index is 12.9. The summed E-state index contributed by atoms with van der Waals surface area (Å²) in [6, 6.07) is 7.07. The van der Waals surface area contributed by atoms with Gasteiger partial charge in [-0.05, 0) is 38.0 Å². The predicted octanol–water partition coefficient (Wildman–Crippen LogP) is 2.35. The number of hydroxylamine groups is 1. The molecule has 0 unspecified atom stereocenters. The summed E-state index contributed by atoms with van der Waals surface area (Å²) in [5.41, 5.74) is 1.73. The average molecular weight is 350 g/mol. The zero-order valence-electron chi connectivity index (χ0n) is 14.5. The summed E-state index contributed by atoms with van der Waals surface area (Å²) >= 11 is -1.69. The van der Waals surface area contributed by atoms with Gasteiger partial charge in [-0.2, -0.15) is 0 Å². The molecule has 7 heteroatoms. The van der Waals surface area contributed by atoms with E-state index in [1.165, 1.54) is 11.8 Å². The van der Waals surface area contributed by atoms with Gasteiger partial charge < -0.3 is 14.3 Å². The van der Waals surface area contributed by atoms with Crippen molar-refractivity contribution < 1.29 is 19.0 Å². The molecule has 0 fully saturated rings. The summed E-state index contributed by atoms with van der Waals surface area (Å²) in [6.45, 7) is 10.6. The Morgan fingerprint density at radius 3 is 2.38 bits per heavy atom. The average Bonchev–Trinajstić information content (AvgIpc) is 2.50. The molecule has 0 spiro atoms. The molecule has 130 valence electrons. The standard InChI is InChI=1S/C17H22N2O4S/c1-11-13-9-7-8-10-14(13)16(21)18(6)15(11)19(23-12(2)20)24(22)17(3,4)5/h7-10,15H,1H2,2-6H3/t15-,24+/m1/s1. The molecule has 1 aliphatic heterocycles. The normalized spacial score (nSPS) is 19.3. The molecule has 2 atom stereocenters. The number of carbonyl (C=O) groups is 2. The van der Waals surface area contributed by atoms with E-state index >= 15 is 0 Å². The third-order valence-corrected chi connectivity index (χ3v) is 5.26. The fourth-order valence-corrected chi connectivity index (χ4v) is 3.63. The molecule has 0 N–H and O–H groups in total. The highest BCUT2D eigenvalue weighted by Gasteiger charge is 2.47. The fourth-order valence-electron chi connectivity index (χ4n) is 2.46. The topological polar surface area (TPSA) is 72.9 Å². The molecule has 0 bridgehead atoms. The van der Waals surface area contributed by atoms with Gasteiger partial charge in [0.1, 0.15) is 4.75 Å². The second-order valence-electron chi connectivity index (χ2n) is 6.59. The van der Waals surface area contributed by atoms with Crippen LogP contribution in [0.15, 0.2) is 30.8 Å². The third-order valence-electron chi connectivity index (χ3n) is 3.61. The van der Waals surface area contributed by atoms with Crippen molar-refractivity contribution in [2.24, 2.45) is 0 Å². The highest BCUT2D eigenvalue weighted by Crippen LogP contribution is 2.35. The summed E-state index contributed by atoms with van der Waals surface area (Å²) in [5.74, 6) is -0.855. The van der Waals surface area contributed by atoms with Crippen LogP contribution < -0.4 is 0 Å². The monoisotopic (exact) mass is 350 g/mol. The Bertz CT molecular complexity index is 683. The van der Waals surface area contributed by atoms with Crippen molar-refractivity contribution in [3.63, 3.8) is 0 Å². The molecule has 1 aliphatic rings. The van der Waals surface area contributed by atoms with E-state index < -0.39 is 28.2 Å². The Kier molecular flexibility index (Phi) is 5.08. The minimum Gasteiger partial charge on any atom is -0.595 e. The van der Waals surface area contributed by atoms with E-state index in [9.17, 15) is 14.1 Å². The van der Waals surface area contributed by atoms with Gasteiger partial charge >= 0.3 is 5.97 Å². The lowest BCUT2D eigenvalue weighted by atomic mass is 9.93. The van der Waals surface area contributed by atoms with E-state index in [1.54, 1.807) is 52.1 Å². The maximum atomic E-state index is 12.9. The van der Waals surface area contributed by atoms with Crippen LogP contribution in [0.2, 0.25) is 0 Å². The van der Waals surface area contributed by atoms with E-state index in [0.717, 1.165) is 4.47 Å². The lowest BCUT2D eigenvalue weighted by Gasteiger charge is -2.41. The molecule has 24 heavy (non-hydrogen) atoms. The van der Waals surface area contributed by atoms with Crippen LogP contribution in [-0.4, -0.2) is 43.8 Å². The molecule has 0 aliphatic carbocycles. The van der Waals surface area contributed by atoms with Crippen molar-refractivity contribution in [1.29, 1.82) is 0 Å². The van der Waals surface area contributed by atoms with E-state index in [1.807, 2.05) is 0 Å². The lowest BCUT2D eigenvalue weighted by Crippen LogP contribution is -2.57. The largest absolute Gasteiger partial charge is 0.595 e. The van der Waals surface area contributed by atoms with Gasteiger partial charge in [-0.1, -0.05) is 24.8 Å². The number of hydrogen-bond acceptors (Lipinski definition) is 5. The second-order valence-corrected chi connectivity index (χ2v) is 8.67. The van der Waals surface area contributed by atoms with Gasteiger partial charge in [0.05, 0.1) is 15.8 Å². The summed E-state index contributed by atoms with van der Waals surface area (Å²) in [7, 11) is 1.57. The summed E-state index contributed by atoms with van der Waals surface area (Å²) in [4.78, 5) is 30.8. The lowest BCUT2D eigenvalue weighted by molar-refractivity contribution is -0.175. The number of hydrogen-bond donors (Lipinski definition) is 0. The van der Waals surface area contributed by atoms with Gasteiger partial charge in [0.2, 0.25) is 0 Å². The first-order chi connectivity index (χ1) is 11.1. The van der Waals surface area contributed by atoms with Gasteiger partial charge in [-0.25, -0.2) is 0 Å². The SMILES string of the molecule is C=C1c2ccccc2C(=O)N(C)[C@@H]1N(OC(C)=O)[S@@+]([O-])C(C)(C)C. The Morgan fingerprint density at radius 1 is 1.33 bits per heavy atom. The molecule has 0 aromatic heterocycles. The molecule has 0 radical (unpaired) electrons. The minimum absolute atomic E-state index is 0.244. The Hall–Kier alpha value is -1.83. The van der Waals surface area contributed by atoms with Crippen LogP contribution in [0, 0.1) is 0 Å². The quantitative estimate of drug-likeness (QED) is 0.618. The molecule has 1 aromatic carbocycles. The zero-order valence-corrected chi connectivity index (χ0v) is 15.3. The number of fused-ring (bicyclic) bond motifs is 1. The van der Waals surface area contributed by atoms with Gasteiger partial charge in [0, 0.05) is 19.5 Å². The predicted molar refractivity (Wildman–Crippen MR) is 92.9 cm³/mol. The molecule has 0 saturated carbocycles. The molecular weight excluding hydrogens is 328 g/mol. The number of amides is 1. The molecule has 1 heterocycles. The highest BCUT2D eigenvalue weighted by molar-refractivity contribution is 7.90. The van der Waals surface area contributed by atoms with Gasteiger partial charge in [0.25, 0.3) is 5.91 Å². The molecule has 2 rings (SSSR count).